The molecule has 8 heteroatoms. The lowest BCUT2D eigenvalue weighted by Gasteiger charge is -2.20. The summed E-state index contributed by atoms with van der Waals surface area (Å²) in [5.74, 6) is -0.541. The van der Waals surface area contributed by atoms with Crippen LogP contribution in [0.1, 0.15) is 21.6 Å². The summed E-state index contributed by atoms with van der Waals surface area (Å²) in [5.41, 5.74) is 2.80. The molecular weight excluding hydrogens is 365 g/mol. The second-order valence-electron chi connectivity index (χ2n) is 6.16. The Labute approximate surface area is 158 Å². The number of thiazole rings is 1. The van der Waals surface area contributed by atoms with Crippen molar-refractivity contribution in [3.8, 4) is 0 Å². The van der Waals surface area contributed by atoms with Crippen molar-refractivity contribution in [1.82, 2.24) is 19.7 Å². The maximum atomic E-state index is 13.6. The molecule has 0 saturated heterocycles. The number of pyridine rings is 1. The predicted octanol–water partition coefficient (Wildman–Crippen LogP) is 3.72. The Morgan fingerprint density at radius 1 is 1.30 bits per heavy atom. The number of halogens is 1. The molecule has 0 saturated carbocycles. The van der Waals surface area contributed by atoms with E-state index in [9.17, 15) is 9.18 Å². The molecule has 0 aliphatic carbocycles. The molecule has 4 aromatic rings. The lowest BCUT2D eigenvalue weighted by molar-refractivity contribution is 0.0975. The van der Waals surface area contributed by atoms with Crippen LogP contribution in [0, 0.1) is 12.7 Å². The number of carbonyl (C=O) groups is 1. The zero-order chi connectivity index (χ0) is 19.0. The van der Waals surface area contributed by atoms with Gasteiger partial charge in [-0.2, -0.15) is 5.10 Å². The van der Waals surface area contributed by atoms with E-state index in [1.807, 2.05) is 19.1 Å². The number of aromatic nitrogens is 4. The van der Waals surface area contributed by atoms with Crippen molar-refractivity contribution in [3.05, 3.63) is 71.6 Å². The van der Waals surface area contributed by atoms with Gasteiger partial charge in [-0.15, -0.1) is 0 Å². The van der Waals surface area contributed by atoms with Gasteiger partial charge in [0.05, 0.1) is 23.0 Å². The van der Waals surface area contributed by atoms with E-state index in [-0.39, 0.29) is 11.7 Å². The number of benzene rings is 1. The minimum absolute atomic E-state index is 0.212. The zero-order valence-electron chi connectivity index (χ0n) is 14.8. The van der Waals surface area contributed by atoms with Gasteiger partial charge in [-0.3, -0.25) is 19.4 Å². The summed E-state index contributed by atoms with van der Waals surface area (Å²) in [7, 11) is 1.73. The van der Waals surface area contributed by atoms with Crippen molar-refractivity contribution in [2.75, 3.05) is 4.90 Å². The van der Waals surface area contributed by atoms with Gasteiger partial charge in [0.1, 0.15) is 11.5 Å². The number of anilines is 1. The van der Waals surface area contributed by atoms with Gasteiger partial charge < -0.3 is 0 Å². The largest absolute Gasteiger partial charge is 0.278 e. The Morgan fingerprint density at radius 2 is 2.15 bits per heavy atom. The van der Waals surface area contributed by atoms with Crippen LogP contribution in [0.2, 0.25) is 0 Å². The van der Waals surface area contributed by atoms with Gasteiger partial charge in [0.25, 0.3) is 5.91 Å². The lowest BCUT2D eigenvalue weighted by Crippen LogP contribution is -2.32. The van der Waals surface area contributed by atoms with Crippen molar-refractivity contribution in [1.29, 1.82) is 0 Å². The second kappa shape index (κ2) is 6.88. The van der Waals surface area contributed by atoms with Crippen LogP contribution in [0.25, 0.3) is 10.2 Å². The predicted molar refractivity (Wildman–Crippen MR) is 102 cm³/mol. The summed E-state index contributed by atoms with van der Waals surface area (Å²) in [6.45, 7) is 2.15. The SMILES string of the molecule is Cc1cnn(C)c1C(=O)N(Cc1cccnc1)c1nc2ccc(F)cc2s1. The van der Waals surface area contributed by atoms with Crippen LogP contribution in [-0.4, -0.2) is 25.7 Å². The Hall–Kier alpha value is -3.13. The first-order valence-corrected chi connectivity index (χ1v) is 9.10. The minimum atomic E-state index is -0.328. The number of rotatable bonds is 4. The van der Waals surface area contributed by atoms with Gasteiger partial charge in [0, 0.05) is 19.4 Å². The van der Waals surface area contributed by atoms with E-state index in [0.717, 1.165) is 11.1 Å². The molecule has 136 valence electrons. The van der Waals surface area contributed by atoms with Gasteiger partial charge >= 0.3 is 0 Å². The molecule has 1 aromatic carbocycles. The Kier molecular flexibility index (Phi) is 4.41. The summed E-state index contributed by atoms with van der Waals surface area (Å²) >= 11 is 1.28. The maximum Gasteiger partial charge on any atom is 0.278 e. The summed E-state index contributed by atoms with van der Waals surface area (Å²) in [6.07, 6.45) is 5.05. The first kappa shape index (κ1) is 17.3. The van der Waals surface area contributed by atoms with Crippen molar-refractivity contribution >= 4 is 32.6 Å². The van der Waals surface area contributed by atoms with E-state index in [4.69, 9.17) is 0 Å². The van der Waals surface area contributed by atoms with Crippen LogP contribution in [0.3, 0.4) is 0 Å². The van der Waals surface area contributed by atoms with Crippen LogP contribution in [0.4, 0.5) is 9.52 Å². The first-order chi connectivity index (χ1) is 13.0. The molecular formula is C19H16FN5OS. The van der Waals surface area contributed by atoms with E-state index < -0.39 is 0 Å². The molecule has 6 nitrogen and oxygen atoms in total. The van der Waals surface area contributed by atoms with E-state index >= 15 is 0 Å². The fourth-order valence-corrected chi connectivity index (χ4v) is 3.87. The Balaban J connectivity index is 1.80. The normalized spacial score (nSPS) is 11.1. The third-order valence-corrected chi connectivity index (χ3v) is 5.24. The molecule has 0 unspecified atom stereocenters. The Bertz CT molecular complexity index is 1100. The quantitative estimate of drug-likeness (QED) is 0.540. The molecule has 0 aliphatic rings. The summed E-state index contributed by atoms with van der Waals surface area (Å²) < 4.78 is 15.8. The van der Waals surface area contributed by atoms with Crippen LogP contribution in [0.15, 0.2) is 48.9 Å². The number of aryl methyl sites for hydroxylation is 2. The number of hydrogen-bond donors (Lipinski definition) is 0. The van der Waals surface area contributed by atoms with E-state index in [1.165, 1.54) is 23.5 Å². The highest BCUT2D eigenvalue weighted by Gasteiger charge is 2.25. The average molecular weight is 381 g/mol. The van der Waals surface area contributed by atoms with Crippen LogP contribution >= 0.6 is 11.3 Å². The summed E-state index contributed by atoms with van der Waals surface area (Å²) in [6, 6.07) is 8.13. The van der Waals surface area contributed by atoms with Gasteiger partial charge in [-0.25, -0.2) is 9.37 Å². The fraction of sp³-hybridized carbons (Fsp3) is 0.158. The van der Waals surface area contributed by atoms with Gasteiger partial charge in [0.2, 0.25) is 0 Å². The number of carbonyl (C=O) groups excluding carboxylic acids is 1. The minimum Gasteiger partial charge on any atom is -0.278 e. The summed E-state index contributed by atoms with van der Waals surface area (Å²) in [4.78, 5) is 23.6. The highest BCUT2D eigenvalue weighted by atomic mass is 32.1. The Morgan fingerprint density at radius 3 is 2.85 bits per heavy atom. The molecule has 3 aromatic heterocycles. The van der Waals surface area contributed by atoms with Gasteiger partial charge in [0.15, 0.2) is 5.13 Å². The van der Waals surface area contributed by atoms with Crippen LogP contribution in [-0.2, 0) is 13.6 Å². The van der Waals surface area contributed by atoms with E-state index in [2.05, 4.69) is 15.1 Å². The van der Waals surface area contributed by atoms with Crippen molar-refractivity contribution in [2.24, 2.45) is 7.05 Å². The first-order valence-electron chi connectivity index (χ1n) is 8.28. The molecule has 0 N–H and O–H groups in total. The van der Waals surface area contributed by atoms with Crippen LogP contribution < -0.4 is 4.90 Å². The average Bonchev–Trinajstić information content (AvgIpc) is 3.22. The number of amides is 1. The second-order valence-corrected chi connectivity index (χ2v) is 7.17. The third kappa shape index (κ3) is 3.31. The molecule has 0 atom stereocenters. The molecule has 4 rings (SSSR count). The number of nitrogens with zero attached hydrogens (tertiary/aromatic N) is 5. The topological polar surface area (TPSA) is 63.9 Å². The van der Waals surface area contributed by atoms with Crippen molar-refractivity contribution < 1.29 is 9.18 Å². The van der Waals surface area contributed by atoms with Crippen LogP contribution in [0.5, 0.6) is 0 Å². The molecule has 1 amide bonds. The lowest BCUT2D eigenvalue weighted by atomic mass is 10.2. The maximum absolute atomic E-state index is 13.6. The zero-order valence-corrected chi connectivity index (χ0v) is 15.6. The highest BCUT2D eigenvalue weighted by Crippen LogP contribution is 2.31. The summed E-state index contributed by atoms with van der Waals surface area (Å²) in [5, 5.41) is 4.67. The van der Waals surface area contributed by atoms with Gasteiger partial charge in [-0.05, 0) is 42.3 Å². The molecule has 0 radical (unpaired) electrons. The van der Waals surface area contributed by atoms with Crippen molar-refractivity contribution in [3.63, 3.8) is 0 Å². The number of hydrogen-bond acceptors (Lipinski definition) is 5. The monoisotopic (exact) mass is 381 g/mol. The van der Waals surface area contributed by atoms with Gasteiger partial charge in [-0.1, -0.05) is 17.4 Å². The molecule has 3 heterocycles. The molecule has 0 bridgehead atoms. The fourth-order valence-electron chi connectivity index (χ4n) is 2.88. The molecule has 0 fully saturated rings. The van der Waals surface area contributed by atoms with Crippen molar-refractivity contribution in [2.45, 2.75) is 13.5 Å². The molecule has 27 heavy (non-hydrogen) atoms. The standard InChI is InChI=1S/C19H16FN5OS/c1-12-9-22-24(2)17(12)18(26)25(11-13-4-3-7-21-10-13)19-23-15-6-5-14(20)8-16(15)27-19/h3-10H,11H2,1-2H3. The van der Waals surface area contributed by atoms with E-state index in [0.29, 0.717) is 27.6 Å². The highest BCUT2D eigenvalue weighted by molar-refractivity contribution is 7.22. The smallest absolute Gasteiger partial charge is 0.278 e. The molecule has 0 spiro atoms. The number of fused-ring (bicyclic) bond motifs is 1. The third-order valence-electron chi connectivity index (χ3n) is 4.20. The van der Waals surface area contributed by atoms with E-state index in [1.54, 1.807) is 41.3 Å². The molecule has 0 aliphatic heterocycles.